The quantitative estimate of drug-likeness (QED) is 0.456. The molecular weight excluding hydrogens is 192 g/mol. The molecule has 1 rings (SSSR count). The molecule has 1 saturated carbocycles. The molecule has 96 valence electrons. The maximum Gasteiger partial charge on any atom is -0.0326 e. The van der Waals surface area contributed by atoms with E-state index in [4.69, 9.17) is 0 Å². The normalized spacial score (nSPS) is 22.5. The van der Waals surface area contributed by atoms with Gasteiger partial charge < -0.3 is 0 Å². The first-order valence-corrected chi connectivity index (χ1v) is 7.57. The van der Waals surface area contributed by atoms with E-state index >= 15 is 0 Å². The lowest BCUT2D eigenvalue weighted by Gasteiger charge is -2.38. The third-order valence-electron chi connectivity index (χ3n) is 4.97. The Morgan fingerprint density at radius 2 is 1.62 bits per heavy atom. The van der Waals surface area contributed by atoms with Crippen molar-refractivity contribution in [3.8, 4) is 0 Å². The van der Waals surface area contributed by atoms with Crippen LogP contribution in [0.25, 0.3) is 0 Å². The van der Waals surface area contributed by atoms with Gasteiger partial charge >= 0.3 is 0 Å². The molecule has 0 aromatic rings. The van der Waals surface area contributed by atoms with Crippen LogP contribution in [-0.2, 0) is 0 Å². The molecule has 0 nitrogen and oxygen atoms in total. The summed E-state index contributed by atoms with van der Waals surface area (Å²) in [7, 11) is 0. The van der Waals surface area contributed by atoms with Crippen LogP contribution in [-0.4, -0.2) is 0 Å². The molecular formula is C16H32. The molecule has 1 aliphatic carbocycles. The average molecular weight is 224 g/mol. The van der Waals surface area contributed by atoms with E-state index in [1.807, 2.05) is 0 Å². The Balaban J connectivity index is 2.01. The predicted octanol–water partition coefficient (Wildman–Crippen LogP) is 5.81. The SMILES string of the molecule is CCCC(C)C(C)CCCCC1(C)CCC1. The molecule has 0 aromatic heterocycles. The molecule has 1 fully saturated rings. The number of hydrogen-bond donors (Lipinski definition) is 0. The zero-order valence-corrected chi connectivity index (χ0v) is 12.0. The summed E-state index contributed by atoms with van der Waals surface area (Å²) in [5.74, 6) is 1.87. The minimum Gasteiger partial charge on any atom is -0.0654 e. The predicted molar refractivity (Wildman–Crippen MR) is 73.7 cm³/mol. The van der Waals surface area contributed by atoms with Gasteiger partial charge in [0.1, 0.15) is 0 Å². The van der Waals surface area contributed by atoms with Gasteiger partial charge in [-0.05, 0) is 36.5 Å². The average Bonchev–Trinajstić information content (AvgIpc) is 2.22. The highest BCUT2D eigenvalue weighted by Crippen LogP contribution is 2.44. The van der Waals surface area contributed by atoms with E-state index in [0.717, 1.165) is 17.3 Å². The number of hydrogen-bond acceptors (Lipinski definition) is 0. The lowest BCUT2D eigenvalue weighted by Crippen LogP contribution is -2.25. The molecule has 0 bridgehead atoms. The molecule has 0 spiro atoms. The maximum absolute atomic E-state index is 2.49. The highest BCUT2D eigenvalue weighted by atomic mass is 14.4. The van der Waals surface area contributed by atoms with E-state index in [9.17, 15) is 0 Å². The fourth-order valence-corrected chi connectivity index (χ4v) is 3.07. The molecule has 0 heteroatoms. The van der Waals surface area contributed by atoms with Crippen molar-refractivity contribution in [1.29, 1.82) is 0 Å². The summed E-state index contributed by atoms with van der Waals surface area (Å²) >= 11 is 0. The van der Waals surface area contributed by atoms with Crippen LogP contribution in [0, 0.1) is 17.3 Å². The van der Waals surface area contributed by atoms with Crippen molar-refractivity contribution < 1.29 is 0 Å². The first-order chi connectivity index (χ1) is 7.57. The van der Waals surface area contributed by atoms with Gasteiger partial charge in [-0.1, -0.05) is 66.2 Å². The Kier molecular flexibility index (Phi) is 5.86. The summed E-state index contributed by atoms with van der Waals surface area (Å²) in [6.45, 7) is 9.67. The van der Waals surface area contributed by atoms with Crippen LogP contribution in [0.5, 0.6) is 0 Å². The van der Waals surface area contributed by atoms with Crippen molar-refractivity contribution in [2.75, 3.05) is 0 Å². The highest BCUT2D eigenvalue weighted by molar-refractivity contribution is 4.82. The second-order valence-corrected chi connectivity index (χ2v) is 6.65. The van der Waals surface area contributed by atoms with Gasteiger partial charge in [-0.25, -0.2) is 0 Å². The molecule has 0 radical (unpaired) electrons. The molecule has 0 N–H and O–H groups in total. The molecule has 16 heavy (non-hydrogen) atoms. The second-order valence-electron chi connectivity index (χ2n) is 6.65. The van der Waals surface area contributed by atoms with E-state index in [-0.39, 0.29) is 0 Å². The van der Waals surface area contributed by atoms with Crippen molar-refractivity contribution in [2.24, 2.45) is 17.3 Å². The maximum atomic E-state index is 2.49. The van der Waals surface area contributed by atoms with Crippen molar-refractivity contribution >= 4 is 0 Å². The molecule has 0 heterocycles. The minimum absolute atomic E-state index is 0.748. The summed E-state index contributed by atoms with van der Waals surface area (Å²) in [5.41, 5.74) is 0.748. The van der Waals surface area contributed by atoms with Crippen LogP contribution in [0.2, 0.25) is 0 Å². The number of rotatable bonds is 8. The fraction of sp³-hybridized carbons (Fsp3) is 1.00. The molecule has 0 aliphatic heterocycles. The van der Waals surface area contributed by atoms with Gasteiger partial charge in [0.05, 0.1) is 0 Å². The molecule has 1 aliphatic rings. The van der Waals surface area contributed by atoms with Crippen LogP contribution in [0.3, 0.4) is 0 Å². The van der Waals surface area contributed by atoms with Crippen molar-refractivity contribution in [1.82, 2.24) is 0 Å². The first-order valence-electron chi connectivity index (χ1n) is 7.57. The van der Waals surface area contributed by atoms with Crippen molar-refractivity contribution in [3.05, 3.63) is 0 Å². The van der Waals surface area contributed by atoms with Gasteiger partial charge in [0, 0.05) is 0 Å². The lowest BCUT2D eigenvalue weighted by molar-refractivity contribution is 0.140. The molecule has 2 unspecified atom stereocenters. The van der Waals surface area contributed by atoms with Crippen LogP contribution < -0.4 is 0 Å². The van der Waals surface area contributed by atoms with Crippen LogP contribution in [0.15, 0.2) is 0 Å². The Labute approximate surface area is 103 Å². The summed E-state index contributed by atoms with van der Waals surface area (Å²) in [4.78, 5) is 0. The second kappa shape index (κ2) is 6.67. The lowest BCUT2D eigenvalue weighted by atomic mass is 9.67. The standard InChI is InChI=1S/C16H32/c1-5-9-14(2)15(3)10-6-7-11-16(4)12-8-13-16/h14-15H,5-13H2,1-4H3. The van der Waals surface area contributed by atoms with E-state index in [0.29, 0.717) is 0 Å². The van der Waals surface area contributed by atoms with E-state index in [2.05, 4.69) is 27.7 Å². The summed E-state index contributed by atoms with van der Waals surface area (Å²) in [5, 5.41) is 0. The Bertz CT molecular complexity index is 178. The van der Waals surface area contributed by atoms with Gasteiger partial charge in [0.25, 0.3) is 0 Å². The Hall–Kier alpha value is 0. The zero-order chi connectivity index (χ0) is 12.0. The molecule has 0 amide bonds. The van der Waals surface area contributed by atoms with Gasteiger partial charge in [0.15, 0.2) is 0 Å². The van der Waals surface area contributed by atoms with E-state index in [1.54, 1.807) is 0 Å². The molecule has 0 aromatic carbocycles. The summed E-state index contributed by atoms with van der Waals surface area (Å²) in [6, 6.07) is 0. The topological polar surface area (TPSA) is 0 Å². The number of unbranched alkanes of at least 4 members (excludes halogenated alkanes) is 1. The van der Waals surface area contributed by atoms with Crippen LogP contribution >= 0.6 is 0 Å². The zero-order valence-electron chi connectivity index (χ0n) is 12.0. The first kappa shape index (κ1) is 14.1. The molecule has 0 saturated heterocycles. The Morgan fingerprint density at radius 1 is 1.00 bits per heavy atom. The largest absolute Gasteiger partial charge is 0.0654 e. The highest BCUT2D eigenvalue weighted by Gasteiger charge is 2.30. The summed E-state index contributed by atoms with van der Waals surface area (Å²) in [6.07, 6.45) is 13.1. The van der Waals surface area contributed by atoms with Crippen molar-refractivity contribution in [2.45, 2.75) is 85.5 Å². The fourth-order valence-electron chi connectivity index (χ4n) is 3.07. The molecule has 2 atom stereocenters. The van der Waals surface area contributed by atoms with Crippen LogP contribution in [0.1, 0.15) is 85.5 Å². The van der Waals surface area contributed by atoms with Crippen LogP contribution in [0.4, 0.5) is 0 Å². The minimum atomic E-state index is 0.748. The monoisotopic (exact) mass is 224 g/mol. The third-order valence-corrected chi connectivity index (χ3v) is 4.97. The van der Waals surface area contributed by atoms with Gasteiger partial charge in [-0.3, -0.25) is 0 Å². The van der Waals surface area contributed by atoms with Crippen molar-refractivity contribution in [3.63, 3.8) is 0 Å². The van der Waals surface area contributed by atoms with E-state index in [1.165, 1.54) is 57.8 Å². The third kappa shape index (κ3) is 4.47. The van der Waals surface area contributed by atoms with Gasteiger partial charge in [-0.2, -0.15) is 0 Å². The van der Waals surface area contributed by atoms with Gasteiger partial charge in [0.2, 0.25) is 0 Å². The smallest absolute Gasteiger partial charge is 0.0326 e. The van der Waals surface area contributed by atoms with Gasteiger partial charge in [-0.15, -0.1) is 0 Å². The Morgan fingerprint density at radius 3 is 2.12 bits per heavy atom. The summed E-state index contributed by atoms with van der Waals surface area (Å²) < 4.78 is 0. The van der Waals surface area contributed by atoms with E-state index < -0.39 is 0 Å².